The Labute approximate surface area is 131 Å². The fourth-order valence-electron chi connectivity index (χ4n) is 2.85. The van der Waals surface area contributed by atoms with Gasteiger partial charge in [-0.15, -0.1) is 6.58 Å². The minimum Gasteiger partial charge on any atom is -0.547 e. The summed E-state index contributed by atoms with van der Waals surface area (Å²) in [5.41, 5.74) is 1.35. The lowest BCUT2D eigenvalue weighted by molar-refractivity contribution is 0.373. The molecule has 2 heteroatoms. The summed E-state index contributed by atoms with van der Waals surface area (Å²) >= 11 is 0. The molecule has 0 heterocycles. The second-order valence-corrected chi connectivity index (χ2v) is 10.4. The van der Waals surface area contributed by atoms with Crippen molar-refractivity contribution >= 4 is 8.32 Å². The second-order valence-electron chi connectivity index (χ2n) is 5.72. The van der Waals surface area contributed by atoms with Gasteiger partial charge in [0.2, 0.25) is 8.32 Å². The Hall–Kier alpha value is -1.28. The van der Waals surface area contributed by atoms with Crippen LogP contribution in [0, 0.1) is 0 Å². The molecule has 0 amide bonds. The van der Waals surface area contributed by atoms with E-state index in [1.54, 1.807) is 0 Å². The molecule has 1 aromatic carbocycles. The van der Waals surface area contributed by atoms with Gasteiger partial charge in [0.05, 0.1) is 5.76 Å². The third-order valence-corrected chi connectivity index (χ3v) is 9.08. The Morgan fingerprint density at radius 2 is 1.71 bits per heavy atom. The topological polar surface area (TPSA) is 9.23 Å². The van der Waals surface area contributed by atoms with Gasteiger partial charge in [0.1, 0.15) is 0 Å². The normalized spacial score (nSPS) is 12.7. The molecular formula is C19H30OSi. The molecule has 0 radical (unpaired) electrons. The molecule has 1 rings (SSSR count). The number of hydrogen-bond acceptors (Lipinski definition) is 1. The molecule has 0 aliphatic heterocycles. The number of allylic oxidation sites excluding steroid dienone is 2. The summed E-state index contributed by atoms with van der Waals surface area (Å²) in [7, 11) is -1.60. The Balaban J connectivity index is 2.75. The average molecular weight is 303 g/mol. The van der Waals surface area contributed by atoms with Crippen LogP contribution in [-0.4, -0.2) is 8.32 Å². The summed E-state index contributed by atoms with van der Waals surface area (Å²) in [6.45, 7) is 14.9. The second kappa shape index (κ2) is 8.88. The van der Waals surface area contributed by atoms with Gasteiger partial charge >= 0.3 is 0 Å². The van der Waals surface area contributed by atoms with Crippen LogP contribution in [0.1, 0.15) is 45.1 Å². The van der Waals surface area contributed by atoms with Crippen LogP contribution in [0.2, 0.25) is 18.1 Å². The fourth-order valence-corrected chi connectivity index (χ4v) is 5.48. The fraction of sp³-hybridized carbons (Fsp3) is 0.474. The molecule has 116 valence electrons. The van der Waals surface area contributed by atoms with Gasteiger partial charge in [0.25, 0.3) is 0 Å². The molecule has 0 aliphatic rings. The molecule has 1 nitrogen and oxygen atoms in total. The first kappa shape index (κ1) is 17.8. The lowest BCUT2D eigenvalue weighted by atomic mass is 9.92. The zero-order chi connectivity index (χ0) is 15.7. The molecule has 1 unspecified atom stereocenters. The summed E-state index contributed by atoms with van der Waals surface area (Å²) in [5.74, 6) is 1.39. The Morgan fingerprint density at radius 3 is 2.19 bits per heavy atom. The van der Waals surface area contributed by atoms with Gasteiger partial charge in [-0.1, -0.05) is 63.8 Å². The van der Waals surface area contributed by atoms with Gasteiger partial charge in [-0.05, 0) is 36.0 Å². The molecule has 0 spiro atoms. The largest absolute Gasteiger partial charge is 0.547 e. The molecule has 0 N–H and O–H groups in total. The highest BCUT2D eigenvalue weighted by Gasteiger charge is 2.31. The van der Waals surface area contributed by atoms with Crippen LogP contribution >= 0.6 is 0 Å². The van der Waals surface area contributed by atoms with Crippen molar-refractivity contribution < 1.29 is 4.43 Å². The third-order valence-electron chi connectivity index (χ3n) is 4.49. The van der Waals surface area contributed by atoms with Gasteiger partial charge in [-0.3, -0.25) is 0 Å². The van der Waals surface area contributed by atoms with Crippen LogP contribution in [0.4, 0.5) is 0 Å². The highest BCUT2D eigenvalue weighted by atomic mass is 28.4. The molecule has 1 aromatic rings. The van der Waals surface area contributed by atoms with E-state index in [0.29, 0.717) is 5.92 Å². The highest BCUT2D eigenvalue weighted by Crippen LogP contribution is 2.31. The zero-order valence-corrected chi connectivity index (χ0v) is 14.9. The molecule has 1 atom stereocenters. The standard InChI is InChI=1S/C19H30OSi/c1-6-13-19(18-14-11-10-12-15-18)16-17(5)20-21(7-2,8-3)9-4/h6,10-12,14-15,19H,1,5,7-9,13,16H2,2-4H3. The first-order valence-corrected chi connectivity index (χ1v) is 10.7. The van der Waals surface area contributed by atoms with Gasteiger partial charge in [0, 0.05) is 6.42 Å². The van der Waals surface area contributed by atoms with Crippen molar-refractivity contribution in [2.24, 2.45) is 0 Å². The Kier molecular flexibility index (Phi) is 7.52. The minimum atomic E-state index is -1.60. The monoisotopic (exact) mass is 302 g/mol. The van der Waals surface area contributed by atoms with Crippen LogP contribution in [0.3, 0.4) is 0 Å². The van der Waals surface area contributed by atoms with Crippen molar-refractivity contribution in [1.82, 2.24) is 0 Å². The van der Waals surface area contributed by atoms with Crippen LogP contribution < -0.4 is 0 Å². The summed E-state index contributed by atoms with van der Waals surface area (Å²) in [5, 5.41) is 0. The van der Waals surface area contributed by atoms with Crippen LogP contribution in [0.15, 0.2) is 55.3 Å². The number of rotatable bonds is 10. The first-order chi connectivity index (χ1) is 10.1. The molecule has 0 bridgehead atoms. The van der Waals surface area contributed by atoms with E-state index in [2.05, 4.69) is 64.3 Å². The maximum atomic E-state index is 6.39. The van der Waals surface area contributed by atoms with E-state index in [0.717, 1.165) is 36.7 Å². The summed E-state index contributed by atoms with van der Waals surface area (Å²) in [6.07, 6.45) is 3.85. The molecule has 0 saturated heterocycles. The number of hydrogen-bond donors (Lipinski definition) is 0. The van der Waals surface area contributed by atoms with Crippen LogP contribution in [-0.2, 0) is 4.43 Å². The van der Waals surface area contributed by atoms with Gasteiger partial charge < -0.3 is 4.43 Å². The van der Waals surface area contributed by atoms with E-state index >= 15 is 0 Å². The predicted octanol–water partition coefficient (Wildman–Crippen LogP) is 6.27. The average Bonchev–Trinajstić information content (AvgIpc) is 2.53. The lowest BCUT2D eigenvalue weighted by Crippen LogP contribution is -2.35. The SMILES string of the molecule is C=CCC(CC(=C)O[Si](CC)(CC)CC)c1ccccc1. The van der Waals surface area contributed by atoms with Gasteiger partial charge in [-0.25, -0.2) is 0 Å². The third kappa shape index (κ3) is 5.20. The summed E-state index contributed by atoms with van der Waals surface area (Å²) < 4.78 is 6.39. The maximum absolute atomic E-state index is 6.39. The maximum Gasteiger partial charge on any atom is 0.250 e. The van der Waals surface area contributed by atoms with Gasteiger partial charge in [0.15, 0.2) is 0 Å². The minimum absolute atomic E-state index is 0.425. The van der Waals surface area contributed by atoms with E-state index in [-0.39, 0.29) is 0 Å². The predicted molar refractivity (Wildman–Crippen MR) is 96.0 cm³/mol. The van der Waals surface area contributed by atoms with Crippen molar-refractivity contribution in [3.63, 3.8) is 0 Å². The molecular weight excluding hydrogens is 272 g/mol. The van der Waals surface area contributed by atoms with E-state index in [1.807, 2.05) is 6.08 Å². The number of benzene rings is 1. The molecule has 0 saturated carbocycles. The smallest absolute Gasteiger partial charge is 0.250 e. The Morgan fingerprint density at radius 1 is 1.14 bits per heavy atom. The van der Waals surface area contributed by atoms with Crippen molar-refractivity contribution in [1.29, 1.82) is 0 Å². The Bertz CT molecular complexity index is 426. The quantitative estimate of drug-likeness (QED) is 0.281. The van der Waals surface area contributed by atoms with E-state index in [9.17, 15) is 0 Å². The van der Waals surface area contributed by atoms with Gasteiger partial charge in [-0.2, -0.15) is 0 Å². The molecule has 0 fully saturated rings. The zero-order valence-electron chi connectivity index (χ0n) is 13.9. The van der Waals surface area contributed by atoms with Crippen molar-refractivity contribution in [2.45, 2.75) is 57.7 Å². The van der Waals surface area contributed by atoms with E-state index in [1.165, 1.54) is 5.56 Å². The molecule has 0 aliphatic carbocycles. The highest BCUT2D eigenvalue weighted by molar-refractivity contribution is 6.73. The van der Waals surface area contributed by atoms with Crippen LogP contribution in [0.5, 0.6) is 0 Å². The molecule has 21 heavy (non-hydrogen) atoms. The van der Waals surface area contributed by atoms with E-state index in [4.69, 9.17) is 4.43 Å². The van der Waals surface area contributed by atoms with Crippen molar-refractivity contribution in [2.75, 3.05) is 0 Å². The van der Waals surface area contributed by atoms with Crippen molar-refractivity contribution in [3.05, 3.63) is 60.9 Å². The van der Waals surface area contributed by atoms with Crippen molar-refractivity contribution in [3.8, 4) is 0 Å². The summed E-state index contributed by atoms with van der Waals surface area (Å²) in [6, 6.07) is 14.1. The van der Waals surface area contributed by atoms with E-state index < -0.39 is 8.32 Å². The molecule has 0 aromatic heterocycles. The lowest BCUT2D eigenvalue weighted by Gasteiger charge is -2.31. The van der Waals surface area contributed by atoms with Crippen LogP contribution in [0.25, 0.3) is 0 Å². The summed E-state index contributed by atoms with van der Waals surface area (Å²) in [4.78, 5) is 0. The first-order valence-electron chi connectivity index (χ1n) is 8.13.